The van der Waals surface area contributed by atoms with Crippen LogP contribution in [0.4, 0.5) is 10.1 Å². The molecule has 0 radical (unpaired) electrons. The summed E-state index contributed by atoms with van der Waals surface area (Å²) in [5.74, 6) is 0.789. The Kier molecular flexibility index (Phi) is 6.27. The first-order valence-corrected chi connectivity index (χ1v) is 11.8. The predicted molar refractivity (Wildman–Crippen MR) is 128 cm³/mol. The van der Waals surface area contributed by atoms with Crippen molar-refractivity contribution >= 4 is 40.3 Å². The maximum atomic E-state index is 14.1. The van der Waals surface area contributed by atoms with Crippen LogP contribution >= 0.6 is 11.8 Å². The van der Waals surface area contributed by atoms with Gasteiger partial charge in [0.1, 0.15) is 23.5 Å². The Bertz CT molecular complexity index is 1290. The fraction of sp³-hybridized carbons (Fsp3) is 0.200. The van der Waals surface area contributed by atoms with Crippen molar-refractivity contribution in [3.8, 4) is 0 Å². The Morgan fingerprint density at radius 2 is 1.94 bits per heavy atom. The van der Waals surface area contributed by atoms with Crippen LogP contribution in [-0.4, -0.2) is 33.8 Å². The number of halogens is 1. The molecule has 1 atom stereocenters. The number of amides is 2. The number of para-hydroxylation sites is 1. The molecule has 1 aromatic heterocycles. The number of furan rings is 1. The molecule has 9 heteroatoms. The molecule has 0 fully saturated rings. The van der Waals surface area contributed by atoms with E-state index in [9.17, 15) is 14.0 Å². The van der Waals surface area contributed by atoms with Gasteiger partial charge in [-0.2, -0.15) is 0 Å². The molecule has 7 nitrogen and oxygen atoms in total. The van der Waals surface area contributed by atoms with Crippen LogP contribution in [0, 0.1) is 5.82 Å². The zero-order valence-electron chi connectivity index (χ0n) is 18.1. The van der Waals surface area contributed by atoms with Crippen molar-refractivity contribution in [2.75, 3.05) is 0 Å². The van der Waals surface area contributed by atoms with Gasteiger partial charge < -0.3 is 9.73 Å². The van der Waals surface area contributed by atoms with Crippen LogP contribution in [0.3, 0.4) is 0 Å². The van der Waals surface area contributed by atoms with E-state index in [1.54, 1.807) is 36.6 Å². The maximum Gasteiger partial charge on any atom is 0.259 e. The van der Waals surface area contributed by atoms with E-state index in [2.05, 4.69) is 15.3 Å². The number of amidine groups is 2. The van der Waals surface area contributed by atoms with Crippen LogP contribution in [0.2, 0.25) is 0 Å². The molecule has 0 bridgehead atoms. The molecular formula is C25H21FN4O3S. The number of thioether (sulfide) groups is 1. The Morgan fingerprint density at radius 3 is 2.76 bits per heavy atom. The zero-order valence-corrected chi connectivity index (χ0v) is 18.9. The van der Waals surface area contributed by atoms with E-state index in [0.717, 1.165) is 5.56 Å². The molecule has 0 aliphatic carbocycles. The number of aliphatic imine (C=N–C) groups is 2. The lowest BCUT2D eigenvalue weighted by atomic mass is 10.1. The van der Waals surface area contributed by atoms with E-state index < -0.39 is 6.04 Å². The molecule has 0 saturated carbocycles. The normalized spacial score (nSPS) is 16.6. The van der Waals surface area contributed by atoms with E-state index in [1.165, 1.54) is 22.7 Å². The van der Waals surface area contributed by atoms with Crippen molar-refractivity contribution in [2.45, 2.75) is 31.2 Å². The first kappa shape index (κ1) is 22.1. The third-order valence-electron chi connectivity index (χ3n) is 5.55. The minimum atomic E-state index is -0.685. The monoisotopic (exact) mass is 476 g/mol. The fourth-order valence-corrected chi connectivity index (χ4v) is 4.79. The molecule has 3 heterocycles. The summed E-state index contributed by atoms with van der Waals surface area (Å²) in [6.07, 6.45) is 1.97. The number of hydrogen-bond donors (Lipinski definition) is 1. The summed E-state index contributed by atoms with van der Waals surface area (Å²) >= 11 is 1.29. The van der Waals surface area contributed by atoms with Crippen LogP contribution in [0.25, 0.3) is 0 Å². The second kappa shape index (κ2) is 9.64. The molecule has 2 aliphatic rings. The maximum absolute atomic E-state index is 14.1. The summed E-state index contributed by atoms with van der Waals surface area (Å²) in [7, 11) is 0. The molecule has 172 valence electrons. The first-order chi connectivity index (χ1) is 16.6. The Balaban J connectivity index is 1.30. The van der Waals surface area contributed by atoms with Crippen molar-refractivity contribution in [1.29, 1.82) is 0 Å². The van der Waals surface area contributed by atoms with Crippen LogP contribution in [0.1, 0.15) is 29.7 Å². The molecular weight excluding hydrogens is 455 g/mol. The summed E-state index contributed by atoms with van der Waals surface area (Å²) in [5, 5.41) is 3.24. The third kappa shape index (κ3) is 4.51. The molecule has 0 spiro atoms. The molecule has 34 heavy (non-hydrogen) atoms. The highest BCUT2D eigenvalue weighted by molar-refractivity contribution is 8.13. The number of nitrogens with one attached hydrogen (secondary N) is 1. The molecule has 2 aromatic carbocycles. The van der Waals surface area contributed by atoms with Gasteiger partial charge in [-0.15, -0.1) is 0 Å². The van der Waals surface area contributed by atoms with Crippen LogP contribution < -0.4 is 5.32 Å². The van der Waals surface area contributed by atoms with Gasteiger partial charge in [-0.1, -0.05) is 42.1 Å². The summed E-state index contributed by atoms with van der Waals surface area (Å²) in [4.78, 5) is 36.4. The smallest absolute Gasteiger partial charge is 0.259 e. The van der Waals surface area contributed by atoms with Gasteiger partial charge in [-0.05, 0) is 42.3 Å². The van der Waals surface area contributed by atoms with Gasteiger partial charge in [-0.3, -0.25) is 14.6 Å². The van der Waals surface area contributed by atoms with Crippen molar-refractivity contribution in [3.63, 3.8) is 0 Å². The topological polar surface area (TPSA) is 87.3 Å². The Labute approximate surface area is 199 Å². The number of nitrogens with zero attached hydrogens (tertiary/aromatic N) is 3. The second-order valence-corrected chi connectivity index (χ2v) is 8.77. The number of carbonyl (C=O) groups excluding carboxylic acids is 2. The van der Waals surface area contributed by atoms with E-state index in [-0.39, 0.29) is 30.5 Å². The number of benzene rings is 2. The van der Waals surface area contributed by atoms with Crippen molar-refractivity contribution in [3.05, 3.63) is 89.6 Å². The zero-order chi connectivity index (χ0) is 23.5. The van der Waals surface area contributed by atoms with Crippen LogP contribution in [-0.2, 0) is 21.9 Å². The van der Waals surface area contributed by atoms with E-state index in [1.807, 2.05) is 24.3 Å². The summed E-state index contributed by atoms with van der Waals surface area (Å²) < 4.78 is 19.3. The number of rotatable bonds is 7. The Morgan fingerprint density at radius 1 is 1.12 bits per heavy atom. The van der Waals surface area contributed by atoms with Gasteiger partial charge in [0.05, 0.1) is 18.5 Å². The molecule has 5 rings (SSSR count). The molecule has 2 aliphatic heterocycles. The average Bonchev–Trinajstić information content (AvgIpc) is 3.49. The van der Waals surface area contributed by atoms with Gasteiger partial charge in [-0.25, -0.2) is 14.3 Å². The number of hydrogen-bond acceptors (Lipinski definition) is 6. The van der Waals surface area contributed by atoms with Gasteiger partial charge >= 0.3 is 0 Å². The SMILES string of the molecule is O=C(CC[C@H]1N=C2c3ccccc3N=C(SCc3ccccc3F)N2C1=O)NCc1ccco1. The summed E-state index contributed by atoms with van der Waals surface area (Å²) in [5.41, 5.74) is 2.00. The van der Waals surface area contributed by atoms with E-state index in [0.29, 0.717) is 40.3 Å². The second-order valence-electron chi connectivity index (χ2n) is 7.83. The molecule has 2 amide bonds. The highest BCUT2D eigenvalue weighted by Gasteiger charge is 2.41. The molecule has 0 unspecified atom stereocenters. The lowest BCUT2D eigenvalue weighted by Crippen LogP contribution is -2.41. The van der Waals surface area contributed by atoms with Gasteiger partial charge in [0.2, 0.25) is 5.91 Å². The standard InChI is InChI=1S/C25H21FN4O3S/c26-19-9-3-1-6-16(19)15-34-25-29-20-10-4-2-8-18(20)23-28-21(24(32)30(23)25)11-12-22(31)27-14-17-7-5-13-33-17/h1-10,13,21H,11-12,14-15H2,(H,27,31)/t21-/m1/s1. The number of fused-ring (bicyclic) bond motifs is 3. The minimum Gasteiger partial charge on any atom is -0.467 e. The molecule has 1 N–H and O–H groups in total. The quantitative estimate of drug-likeness (QED) is 0.547. The largest absolute Gasteiger partial charge is 0.467 e. The van der Waals surface area contributed by atoms with Crippen molar-refractivity contribution in [1.82, 2.24) is 10.2 Å². The first-order valence-electron chi connectivity index (χ1n) is 10.9. The number of carbonyl (C=O) groups is 2. The summed E-state index contributed by atoms with van der Waals surface area (Å²) in [6, 6.07) is 16.9. The lowest BCUT2D eigenvalue weighted by Gasteiger charge is -2.25. The minimum absolute atomic E-state index is 0.151. The fourth-order valence-electron chi connectivity index (χ4n) is 3.80. The highest BCUT2D eigenvalue weighted by atomic mass is 32.2. The van der Waals surface area contributed by atoms with E-state index >= 15 is 0 Å². The van der Waals surface area contributed by atoms with Crippen LogP contribution in [0.15, 0.2) is 81.3 Å². The molecule has 0 saturated heterocycles. The van der Waals surface area contributed by atoms with Crippen molar-refractivity contribution < 1.29 is 18.4 Å². The third-order valence-corrected chi connectivity index (χ3v) is 6.53. The van der Waals surface area contributed by atoms with Crippen LogP contribution in [0.5, 0.6) is 0 Å². The Hall–Kier alpha value is -3.72. The highest BCUT2D eigenvalue weighted by Crippen LogP contribution is 2.35. The summed E-state index contributed by atoms with van der Waals surface area (Å²) in [6.45, 7) is 0.294. The van der Waals surface area contributed by atoms with Gasteiger partial charge in [0, 0.05) is 17.7 Å². The average molecular weight is 477 g/mol. The van der Waals surface area contributed by atoms with Gasteiger partial charge in [0.25, 0.3) is 5.91 Å². The molecule has 3 aromatic rings. The van der Waals surface area contributed by atoms with Crippen molar-refractivity contribution in [2.24, 2.45) is 9.98 Å². The van der Waals surface area contributed by atoms with E-state index in [4.69, 9.17) is 4.42 Å². The van der Waals surface area contributed by atoms with Gasteiger partial charge in [0.15, 0.2) is 5.17 Å². The predicted octanol–water partition coefficient (Wildman–Crippen LogP) is 4.41. The lowest BCUT2D eigenvalue weighted by molar-refractivity contribution is -0.125.